The number of unbranched alkanes of at least 4 members (excludes halogenated alkanes) is 1. The number of carbonyl (C=O) groups is 2. The van der Waals surface area contributed by atoms with Crippen LogP contribution in [0.4, 0.5) is 0 Å². The summed E-state index contributed by atoms with van der Waals surface area (Å²) in [5.74, 6) is -0.890. The van der Waals surface area contributed by atoms with Crippen molar-refractivity contribution in [3.05, 3.63) is 70.7 Å². The predicted octanol–water partition coefficient (Wildman–Crippen LogP) is 4.39. The van der Waals surface area contributed by atoms with Crippen LogP contribution in [0.25, 0.3) is 0 Å². The number of carbonyl (C=O) groups excluding carboxylic acids is 1. The monoisotopic (exact) mass is 359 g/mol. The molecule has 2 aromatic carbocycles. The van der Waals surface area contributed by atoms with Crippen molar-refractivity contribution in [3.63, 3.8) is 0 Å². The van der Waals surface area contributed by atoms with Gasteiger partial charge in [0, 0.05) is 17.9 Å². The highest BCUT2D eigenvalue weighted by atomic mass is 35.5. The average Bonchev–Trinajstić information content (AvgIpc) is 2.60. The first-order valence-corrected chi connectivity index (χ1v) is 8.73. The lowest BCUT2D eigenvalue weighted by atomic mass is 9.98. The van der Waals surface area contributed by atoms with Gasteiger partial charge in [-0.05, 0) is 42.5 Å². The molecule has 0 aliphatic heterocycles. The average molecular weight is 360 g/mol. The normalized spacial score (nSPS) is 11.7. The predicted molar refractivity (Wildman–Crippen MR) is 98.6 cm³/mol. The first-order valence-electron chi connectivity index (χ1n) is 8.35. The molecule has 0 aromatic heterocycles. The second-order valence-corrected chi connectivity index (χ2v) is 6.40. The number of rotatable bonds is 9. The topological polar surface area (TPSA) is 66.4 Å². The molecule has 0 saturated carbocycles. The van der Waals surface area contributed by atoms with Gasteiger partial charge in [-0.15, -0.1) is 0 Å². The molecule has 0 radical (unpaired) electrons. The molecule has 0 spiro atoms. The summed E-state index contributed by atoms with van der Waals surface area (Å²) in [6, 6.07) is 17.3. The minimum absolute atomic E-state index is 0.0618. The summed E-state index contributed by atoms with van der Waals surface area (Å²) in [6.45, 7) is 0. The number of aliphatic carboxylic acids is 1. The van der Waals surface area contributed by atoms with Gasteiger partial charge in [0.25, 0.3) is 0 Å². The maximum Gasteiger partial charge on any atom is 0.303 e. The summed E-state index contributed by atoms with van der Waals surface area (Å²) in [4.78, 5) is 22.8. The van der Waals surface area contributed by atoms with Crippen LogP contribution in [0.3, 0.4) is 0 Å². The molecule has 5 heteroatoms. The second-order valence-electron chi connectivity index (χ2n) is 5.96. The van der Waals surface area contributed by atoms with Gasteiger partial charge >= 0.3 is 5.97 Å². The van der Waals surface area contributed by atoms with Crippen LogP contribution >= 0.6 is 11.6 Å². The van der Waals surface area contributed by atoms with E-state index in [4.69, 9.17) is 16.7 Å². The molecule has 1 unspecified atom stereocenters. The molecule has 0 aliphatic rings. The highest BCUT2D eigenvalue weighted by Gasteiger charge is 2.15. The van der Waals surface area contributed by atoms with E-state index in [0.29, 0.717) is 30.7 Å². The van der Waals surface area contributed by atoms with Crippen LogP contribution in [0.5, 0.6) is 0 Å². The van der Waals surface area contributed by atoms with E-state index in [1.807, 2.05) is 54.6 Å². The van der Waals surface area contributed by atoms with E-state index in [-0.39, 0.29) is 18.4 Å². The SMILES string of the molecule is O=C(O)CCCCC(=O)NC(Cc1ccc(Cl)cc1)c1ccccc1. The van der Waals surface area contributed by atoms with Crippen LogP contribution < -0.4 is 5.32 Å². The van der Waals surface area contributed by atoms with E-state index in [0.717, 1.165) is 11.1 Å². The zero-order valence-electron chi connectivity index (χ0n) is 14.0. The van der Waals surface area contributed by atoms with Crippen LogP contribution in [0.1, 0.15) is 42.9 Å². The van der Waals surface area contributed by atoms with Gasteiger partial charge in [0.1, 0.15) is 0 Å². The summed E-state index contributed by atoms with van der Waals surface area (Å²) in [5.41, 5.74) is 2.13. The maximum atomic E-state index is 12.2. The molecule has 2 N–H and O–H groups in total. The Labute approximate surface area is 152 Å². The Morgan fingerprint density at radius 1 is 0.960 bits per heavy atom. The Bertz CT molecular complexity index is 686. The molecule has 2 rings (SSSR count). The summed E-state index contributed by atoms with van der Waals surface area (Å²) in [7, 11) is 0. The van der Waals surface area contributed by atoms with Crippen LogP contribution in [0.2, 0.25) is 5.02 Å². The highest BCUT2D eigenvalue weighted by Crippen LogP contribution is 2.20. The molecule has 25 heavy (non-hydrogen) atoms. The van der Waals surface area contributed by atoms with Gasteiger partial charge in [-0.3, -0.25) is 9.59 Å². The van der Waals surface area contributed by atoms with Crippen molar-refractivity contribution in [2.75, 3.05) is 0 Å². The summed E-state index contributed by atoms with van der Waals surface area (Å²) in [6.07, 6.45) is 2.18. The smallest absolute Gasteiger partial charge is 0.303 e. The zero-order valence-corrected chi connectivity index (χ0v) is 14.7. The molecular formula is C20H22ClNO3. The van der Waals surface area contributed by atoms with Crippen molar-refractivity contribution in [2.45, 2.75) is 38.1 Å². The number of amides is 1. The van der Waals surface area contributed by atoms with Crippen molar-refractivity contribution in [1.82, 2.24) is 5.32 Å². The van der Waals surface area contributed by atoms with Crippen LogP contribution in [-0.2, 0) is 16.0 Å². The highest BCUT2D eigenvalue weighted by molar-refractivity contribution is 6.30. The Kier molecular flexibility index (Phi) is 7.48. The number of carboxylic acids is 1. The standard InChI is InChI=1S/C20H22ClNO3/c21-17-12-10-15(11-13-17)14-18(16-6-2-1-3-7-16)22-19(23)8-4-5-9-20(24)25/h1-3,6-7,10-13,18H,4-5,8-9,14H2,(H,22,23)(H,24,25). The molecule has 0 fully saturated rings. The third kappa shape index (κ3) is 6.98. The van der Waals surface area contributed by atoms with Gasteiger partial charge in [-0.1, -0.05) is 54.1 Å². The lowest BCUT2D eigenvalue weighted by Gasteiger charge is -2.19. The van der Waals surface area contributed by atoms with E-state index in [9.17, 15) is 9.59 Å². The van der Waals surface area contributed by atoms with E-state index >= 15 is 0 Å². The number of halogens is 1. The van der Waals surface area contributed by atoms with Gasteiger partial charge in [0.2, 0.25) is 5.91 Å². The molecule has 1 atom stereocenters. The Morgan fingerprint density at radius 3 is 2.24 bits per heavy atom. The minimum Gasteiger partial charge on any atom is -0.481 e. The van der Waals surface area contributed by atoms with Crippen molar-refractivity contribution >= 4 is 23.5 Å². The summed E-state index contributed by atoms with van der Waals surface area (Å²) < 4.78 is 0. The molecular weight excluding hydrogens is 338 g/mol. The molecule has 0 bridgehead atoms. The van der Waals surface area contributed by atoms with Crippen LogP contribution in [-0.4, -0.2) is 17.0 Å². The van der Waals surface area contributed by atoms with Crippen molar-refractivity contribution < 1.29 is 14.7 Å². The third-order valence-corrected chi connectivity index (χ3v) is 4.19. The number of carboxylic acid groups (broad SMARTS) is 1. The van der Waals surface area contributed by atoms with E-state index < -0.39 is 5.97 Å². The van der Waals surface area contributed by atoms with Crippen molar-refractivity contribution in [2.24, 2.45) is 0 Å². The molecule has 1 amide bonds. The fourth-order valence-electron chi connectivity index (χ4n) is 2.62. The largest absolute Gasteiger partial charge is 0.481 e. The van der Waals surface area contributed by atoms with Gasteiger partial charge in [0.05, 0.1) is 6.04 Å². The Hall–Kier alpha value is -2.33. The Morgan fingerprint density at radius 2 is 1.60 bits per heavy atom. The number of benzene rings is 2. The molecule has 132 valence electrons. The molecule has 0 saturated heterocycles. The first kappa shape index (κ1) is 19.0. The summed E-state index contributed by atoms with van der Waals surface area (Å²) >= 11 is 5.93. The molecule has 4 nitrogen and oxygen atoms in total. The van der Waals surface area contributed by atoms with E-state index in [2.05, 4.69) is 5.32 Å². The van der Waals surface area contributed by atoms with Crippen LogP contribution in [0, 0.1) is 0 Å². The van der Waals surface area contributed by atoms with Gasteiger partial charge in [-0.25, -0.2) is 0 Å². The molecule has 0 heterocycles. The van der Waals surface area contributed by atoms with Crippen LogP contribution in [0.15, 0.2) is 54.6 Å². The first-order chi connectivity index (χ1) is 12.0. The van der Waals surface area contributed by atoms with E-state index in [1.165, 1.54) is 0 Å². The fraction of sp³-hybridized carbons (Fsp3) is 0.300. The number of nitrogens with one attached hydrogen (secondary N) is 1. The lowest BCUT2D eigenvalue weighted by molar-refractivity contribution is -0.137. The zero-order chi connectivity index (χ0) is 18.1. The minimum atomic E-state index is -0.828. The molecule has 2 aromatic rings. The summed E-state index contributed by atoms with van der Waals surface area (Å²) in [5, 5.41) is 12.4. The molecule has 0 aliphatic carbocycles. The van der Waals surface area contributed by atoms with Crippen molar-refractivity contribution in [3.8, 4) is 0 Å². The third-order valence-electron chi connectivity index (χ3n) is 3.93. The van der Waals surface area contributed by atoms with Gasteiger partial charge in [-0.2, -0.15) is 0 Å². The van der Waals surface area contributed by atoms with E-state index in [1.54, 1.807) is 0 Å². The quantitative estimate of drug-likeness (QED) is 0.653. The lowest BCUT2D eigenvalue weighted by Crippen LogP contribution is -2.29. The Balaban J connectivity index is 1.98. The fourth-order valence-corrected chi connectivity index (χ4v) is 2.75. The van der Waals surface area contributed by atoms with Gasteiger partial charge < -0.3 is 10.4 Å². The second kappa shape index (κ2) is 9.84. The van der Waals surface area contributed by atoms with Gasteiger partial charge in [0.15, 0.2) is 0 Å². The maximum absolute atomic E-state index is 12.2. The number of hydrogen-bond donors (Lipinski definition) is 2. The number of hydrogen-bond acceptors (Lipinski definition) is 2. The van der Waals surface area contributed by atoms with Crippen molar-refractivity contribution in [1.29, 1.82) is 0 Å².